The fraction of sp³-hybridized carbons (Fsp3) is 0.280. The molecule has 152 valence electrons. The molecule has 0 bridgehead atoms. The van der Waals surface area contributed by atoms with Gasteiger partial charge < -0.3 is 20.4 Å². The summed E-state index contributed by atoms with van der Waals surface area (Å²) in [7, 11) is 12.3. The lowest BCUT2D eigenvalue weighted by molar-refractivity contribution is 0.653. The van der Waals surface area contributed by atoms with Crippen LogP contribution in [-0.4, -0.2) is 42.3 Å². The predicted molar refractivity (Wildman–Crippen MR) is 126 cm³/mol. The van der Waals surface area contributed by atoms with E-state index in [2.05, 4.69) is 87.5 Å². The van der Waals surface area contributed by atoms with Crippen LogP contribution >= 0.6 is 0 Å². The maximum absolute atomic E-state index is 7.20. The molecule has 3 aromatic rings. The number of nitrogens with two attached hydrogens (primary N) is 1. The molecule has 3 aromatic carbocycles. The van der Waals surface area contributed by atoms with Crippen molar-refractivity contribution in [3.05, 3.63) is 89.5 Å². The lowest BCUT2D eigenvalue weighted by Gasteiger charge is -2.33. The van der Waals surface area contributed by atoms with E-state index in [1.54, 1.807) is 0 Å². The van der Waals surface area contributed by atoms with Gasteiger partial charge in [0.1, 0.15) is 0 Å². The minimum absolute atomic E-state index is 0.736. The van der Waals surface area contributed by atoms with Crippen LogP contribution in [0, 0.1) is 0 Å². The van der Waals surface area contributed by atoms with Gasteiger partial charge in [-0.15, -0.1) is 0 Å². The van der Waals surface area contributed by atoms with Crippen LogP contribution in [0.1, 0.15) is 16.7 Å². The Bertz CT molecular complexity index is 799. The van der Waals surface area contributed by atoms with Crippen LogP contribution < -0.4 is 20.4 Å². The van der Waals surface area contributed by atoms with E-state index in [1.165, 1.54) is 0 Å². The summed E-state index contributed by atoms with van der Waals surface area (Å²) in [6.45, 7) is 0. The first-order valence-corrected chi connectivity index (χ1v) is 9.86. The molecule has 0 heterocycles. The smallest absolute Gasteiger partial charge is 0.0923 e. The van der Waals surface area contributed by atoms with Gasteiger partial charge in [-0.1, -0.05) is 36.4 Å². The quantitative estimate of drug-likeness (QED) is 0.644. The largest absolute Gasteiger partial charge is 0.378 e. The molecule has 0 aliphatic rings. The number of rotatable bonds is 6. The number of benzene rings is 3. The van der Waals surface area contributed by atoms with Gasteiger partial charge in [-0.05, 0) is 53.1 Å². The number of hydrogen-bond acceptors (Lipinski definition) is 4. The summed E-state index contributed by atoms with van der Waals surface area (Å²) < 4.78 is 0. The minimum atomic E-state index is -0.736. The van der Waals surface area contributed by atoms with Gasteiger partial charge in [-0.3, -0.25) is 0 Å². The molecule has 0 saturated heterocycles. The zero-order chi connectivity index (χ0) is 21.2. The van der Waals surface area contributed by atoms with Crippen LogP contribution in [0.15, 0.2) is 72.8 Å². The van der Waals surface area contributed by atoms with Crippen molar-refractivity contribution in [2.45, 2.75) is 5.54 Å². The van der Waals surface area contributed by atoms with E-state index in [0.717, 1.165) is 33.8 Å². The van der Waals surface area contributed by atoms with E-state index in [1.807, 2.05) is 42.3 Å². The zero-order valence-electron chi connectivity index (χ0n) is 18.3. The maximum Gasteiger partial charge on any atom is 0.0923 e. The maximum atomic E-state index is 7.20. The molecule has 0 atom stereocenters. The first-order chi connectivity index (χ1) is 13.7. The molecule has 4 heteroatoms. The Morgan fingerprint density at radius 3 is 0.828 bits per heavy atom. The van der Waals surface area contributed by atoms with E-state index in [-0.39, 0.29) is 0 Å². The Kier molecular flexibility index (Phi) is 5.85. The van der Waals surface area contributed by atoms with Crippen molar-refractivity contribution >= 4 is 17.1 Å². The lowest BCUT2D eigenvalue weighted by atomic mass is 9.78. The van der Waals surface area contributed by atoms with Gasteiger partial charge in [-0.2, -0.15) is 0 Å². The normalized spacial score (nSPS) is 11.3. The Morgan fingerprint density at radius 2 is 0.655 bits per heavy atom. The average Bonchev–Trinajstić information content (AvgIpc) is 2.73. The van der Waals surface area contributed by atoms with Crippen LogP contribution in [0.3, 0.4) is 0 Å². The fourth-order valence-electron chi connectivity index (χ4n) is 3.57. The standard InChI is InChI=1S/C25H32N4/c1-27(2)22-13-7-19(8-14-22)25(26,20-9-15-23(16-10-20)28(3)4)21-11-17-24(18-12-21)29(5)6/h7-18H,26H2,1-6H3. The molecular formula is C25H32N4. The third-order valence-corrected chi connectivity index (χ3v) is 5.52. The second kappa shape index (κ2) is 8.18. The highest BCUT2D eigenvalue weighted by molar-refractivity contribution is 5.58. The second-order valence-corrected chi connectivity index (χ2v) is 8.13. The summed E-state index contributed by atoms with van der Waals surface area (Å²) in [4.78, 5) is 6.29. The fourth-order valence-corrected chi connectivity index (χ4v) is 3.57. The van der Waals surface area contributed by atoms with E-state index in [9.17, 15) is 0 Å². The van der Waals surface area contributed by atoms with Crippen LogP contribution in [-0.2, 0) is 5.54 Å². The van der Waals surface area contributed by atoms with Gasteiger partial charge in [0.25, 0.3) is 0 Å². The molecule has 0 radical (unpaired) electrons. The summed E-state index contributed by atoms with van der Waals surface area (Å²) in [5.74, 6) is 0. The highest BCUT2D eigenvalue weighted by atomic mass is 15.1. The predicted octanol–water partition coefficient (Wildman–Crippen LogP) is 4.14. The Hall–Kier alpha value is -2.98. The van der Waals surface area contributed by atoms with E-state index >= 15 is 0 Å². The van der Waals surface area contributed by atoms with Crippen LogP contribution in [0.5, 0.6) is 0 Å². The van der Waals surface area contributed by atoms with Gasteiger partial charge in [0.2, 0.25) is 0 Å². The molecule has 0 spiro atoms. The second-order valence-electron chi connectivity index (χ2n) is 8.13. The molecule has 29 heavy (non-hydrogen) atoms. The monoisotopic (exact) mass is 388 g/mol. The van der Waals surface area contributed by atoms with Gasteiger partial charge in [0.15, 0.2) is 0 Å². The lowest BCUT2D eigenvalue weighted by Crippen LogP contribution is -2.39. The highest BCUT2D eigenvalue weighted by Gasteiger charge is 2.32. The molecular weight excluding hydrogens is 356 g/mol. The average molecular weight is 389 g/mol. The first-order valence-electron chi connectivity index (χ1n) is 9.86. The van der Waals surface area contributed by atoms with Crippen LogP contribution in [0.25, 0.3) is 0 Å². The van der Waals surface area contributed by atoms with Crippen molar-refractivity contribution in [3.8, 4) is 0 Å². The molecule has 0 aliphatic carbocycles. The molecule has 2 N–H and O–H groups in total. The minimum Gasteiger partial charge on any atom is -0.378 e. The van der Waals surface area contributed by atoms with Crippen LogP contribution in [0.4, 0.5) is 17.1 Å². The Labute approximate surface area is 175 Å². The third kappa shape index (κ3) is 4.08. The molecule has 4 nitrogen and oxygen atoms in total. The summed E-state index contributed by atoms with van der Waals surface area (Å²) >= 11 is 0. The topological polar surface area (TPSA) is 35.7 Å². The highest BCUT2D eigenvalue weighted by Crippen LogP contribution is 2.36. The van der Waals surface area contributed by atoms with Crippen molar-refractivity contribution in [2.75, 3.05) is 57.0 Å². The van der Waals surface area contributed by atoms with Gasteiger partial charge in [-0.25, -0.2) is 0 Å². The molecule has 0 aliphatic heterocycles. The summed E-state index contributed by atoms with van der Waals surface area (Å²) in [5.41, 5.74) is 13.1. The van der Waals surface area contributed by atoms with Gasteiger partial charge in [0.05, 0.1) is 5.54 Å². The summed E-state index contributed by atoms with van der Waals surface area (Å²) in [5, 5.41) is 0. The molecule has 0 aromatic heterocycles. The number of hydrogen-bond donors (Lipinski definition) is 1. The van der Waals surface area contributed by atoms with Crippen LogP contribution in [0.2, 0.25) is 0 Å². The van der Waals surface area contributed by atoms with Crippen molar-refractivity contribution in [3.63, 3.8) is 0 Å². The van der Waals surface area contributed by atoms with Gasteiger partial charge in [0, 0.05) is 59.3 Å². The molecule has 0 unspecified atom stereocenters. The SMILES string of the molecule is CN(C)c1ccc(C(N)(c2ccc(N(C)C)cc2)c2ccc(N(C)C)cc2)cc1. The number of anilines is 3. The Morgan fingerprint density at radius 1 is 0.448 bits per heavy atom. The van der Waals surface area contributed by atoms with Crippen molar-refractivity contribution < 1.29 is 0 Å². The third-order valence-electron chi connectivity index (χ3n) is 5.52. The van der Waals surface area contributed by atoms with Crippen molar-refractivity contribution in [2.24, 2.45) is 5.73 Å². The van der Waals surface area contributed by atoms with Crippen molar-refractivity contribution in [1.82, 2.24) is 0 Å². The number of nitrogens with zero attached hydrogens (tertiary/aromatic N) is 3. The first kappa shape index (κ1) is 20.7. The van der Waals surface area contributed by atoms with Gasteiger partial charge >= 0.3 is 0 Å². The molecule has 0 fully saturated rings. The molecule has 0 amide bonds. The zero-order valence-corrected chi connectivity index (χ0v) is 18.3. The van der Waals surface area contributed by atoms with Crippen molar-refractivity contribution in [1.29, 1.82) is 0 Å². The van der Waals surface area contributed by atoms with E-state index in [4.69, 9.17) is 5.73 Å². The summed E-state index contributed by atoms with van der Waals surface area (Å²) in [6, 6.07) is 25.5. The molecule has 0 saturated carbocycles. The van der Waals surface area contributed by atoms with E-state index in [0.29, 0.717) is 0 Å². The summed E-state index contributed by atoms with van der Waals surface area (Å²) in [6.07, 6.45) is 0. The Balaban J connectivity index is 2.14. The molecule has 3 rings (SSSR count). The van der Waals surface area contributed by atoms with E-state index < -0.39 is 5.54 Å².